The van der Waals surface area contributed by atoms with Crippen LogP contribution < -0.4 is 5.73 Å². The van der Waals surface area contributed by atoms with Gasteiger partial charge in [-0.05, 0) is 25.9 Å². The highest BCUT2D eigenvalue weighted by Crippen LogP contribution is 2.15. The molecule has 0 aliphatic carbocycles. The van der Waals surface area contributed by atoms with Gasteiger partial charge in [0.05, 0.1) is 12.7 Å². The van der Waals surface area contributed by atoms with Crippen LogP contribution in [0.3, 0.4) is 0 Å². The van der Waals surface area contributed by atoms with Crippen LogP contribution in [0.2, 0.25) is 0 Å². The number of halogens is 2. The molecule has 1 unspecified atom stereocenters. The Hall–Kier alpha value is -0.0700. The summed E-state index contributed by atoms with van der Waals surface area (Å²) in [5.41, 5.74) is 5.55. The molecule has 22 heavy (non-hydrogen) atoms. The van der Waals surface area contributed by atoms with E-state index >= 15 is 0 Å². The first-order valence-electron chi connectivity index (χ1n) is 7.95. The summed E-state index contributed by atoms with van der Waals surface area (Å²) < 4.78 is 5.93. The van der Waals surface area contributed by atoms with Crippen LogP contribution in [-0.4, -0.2) is 67.7 Å². The van der Waals surface area contributed by atoms with Gasteiger partial charge in [-0.25, -0.2) is 0 Å². The van der Waals surface area contributed by atoms with Gasteiger partial charge >= 0.3 is 0 Å². The lowest BCUT2D eigenvalue weighted by Gasteiger charge is -2.33. The highest BCUT2D eigenvalue weighted by molar-refractivity contribution is 5.85. The average molecular weight is 358 g/mol. The second-order valence-corrected chi connectivity index (χ2v) is 5.56. The Labute approximate surface area is 147 Å². The highest BCUT2D eigenvalue weighted by Gasteiger charge is 2.25. The Morgan fingerprint density at radius 1 is 1.27 bits per heavy atom. The number of likely N-dealkylation sites (N-methyl/N-ethyl adjacent to an activating group) is 1. The molecule has 0 radical (unpaired) electrons. The van der Waals surface area contributed by atoms with Gasteiger partial charge in [-0.3, -0.25) is 4.79 Å². The Bertz CT molecular complexity index is 284. The number of carbonyl (C=O) groups is 1. The van der Waals surface area contributed by atoms with Crippen molar-refractivity contribution in [1.82, 2.24) is 9.80 Å². The van der Waals surface area contributed by atoms with Gasteiger partial charge in [-0.1, -0.05) is 20.8 Å². The number of rotatable bonds is 8. The van der Waals surface area contributed by atoms with Crippen molar-refractivity contribution in [2.75, 3.05) is 45.9 Å². The Kier molecular flexibility index (Phi) is 14.7. The van der Waals surface area contributed by atoms with Crippen molar-refractivity contribution in [2.24, 2.45) is 11.7 Å². The molecule has 0 saturated carbocycles. The Balaban J connectivity index is 0. The van der Waals surface area contributed by atoms with Gasteiger partial charge in [0.15, 0.2) is 0 Å². The number of hydrogen-bond donors (Lipinski definition) is 1. The maximum atomic E-state index is 12.0. The maximum Gasteiger partial charge on any atom is 0.226 e. The molecule has 1 heterocycles. The first-order chi connectivity index (χ1) is 9.62. The van der Waals surface area contributed by atoms with E-state index in [4.69, 9.17) is 10.5 Å². The zero-order chi connectivity index (χ0) is 15.0. The summed E-state index contributed by atoms with van der Waals surface area (Å²) >= 11 is 0. The van der Waals surface area contributed by atoms with Crippen LogP contribution in [-0.2, 0) is 9.53 Å². The molecule has 1 saturated heterocycles. The molecular formula is C15H33Cl2N3O2. The Morgan fingerprint density at radius 2 is 1.82 bits per heavy atom. The van der Waals surface area contributed by atoms with E-state index in [0.29, 0.717) is 12.6 Å². The first kappa shape index (κ1) is 24.2. The molecule has 0 spiro atoms. The molecule has 1 aliphatic rings. The second kappa shape index (κ2) is 13.4. The molecule has 0 aromatic heterocycles. The second-order valence-electron chi connectivity index (χ2n) is 5.56. The number of hydrogen-bond acceptors (Lipinski definition) is 4. The molecule has 0 aromatic carbocycles. The van der Waals surface area contributed by atoms with Crippen LogP contribution in [0, 0.1) is 5.92 Å². The number of ether oxygens (including phenoxy) is 1. The number of amides is 1. The van der Waals surface area contributed by atoms with Crippen LogP contribution in [0.1, 0.15) is 33.6 Å². The van der Waals surface area contributed by atoms with Crippen molar-refractivity contribution in [1.29, 1.82) is 0 Å². The minimum atomic E-state index is -0.0601. The molecule has 0 aromatic rings. The molecular weight excluding hydrogens is 325 g/mol. The lowest BCUT2D eigenvalue weighted by Crippen LogP contribution is -2.44. The van der Waals surface area contributed by atoms with Gasteiger partial charge < -0.3 is 20.3 Å². The standard InChI is InChI=1S/C15H31N3O2.2ClH/c1-4-17(5-2)10-11-20-14-6-8-18(9-7-14)15(19)13(3)12-16;;/h13-14H,4-12,16H2,1-3H3;2*1H. The van der Waals surface area contributed by atoms with Gasteiger partial charge in [0.25, 0.3) is 0 Å². The van der Waals surface area contributed by atoms with E-state index < -0.39 is 0 Å². The monoisotopic (exact) mass is 357 g/mol. The molecule has 7 heteroatoms. The summed E-state index contributed by atoms with van der Waals surface area (Å²) in [5, 5.41) is 0. The third-order valence-corrected chi connectivity index (χ3v) is 4.18. The molecule has 1 amide bonds. The predicted molar refractivity (Wildman–Crippen MR) is 96.1 cm³/mol. The summed E-state index contributed by atoms with van der Waals surface area (Å²) in [6, 6.07) is 0. The van der Waals surface area contributed by atoms with Crippen molar-refractivity contribution in [3.8, 4) is 0 Å². The van der Waals surface area contributed by atoms with Crippen molar-refractivity contribution >= 4 is 30.7 Å². The summed E-state index contributed by atoms with van der Waals surface area (Å²) in [5.74, 6) is 0.129. The van der Waals surface area contributed by atoms with Gasteiger partial charge in [0, 0.05) is 32.1 Å². The van der Waals surface area contributed by atoms with Crippen LogP contribution in [0.5, 0.6) is 0 Å². The first-order valence-corrected chi connectivity index (χ1v) is 7.95. The van der Waals surface area contributed by atoms with E-state index in [1.807, 2.05) is 11.8 Å². The fourth-order valence-corrected chi connectivity index (χ4v) is 2.54. The zero-order valence-electron chi connectivity index (χ0n) is 14.1. The largest absolute Gasteiger partial charge is 0.377 e. The van der Waals surface area contributed by atoms with Crippen LogP contribution in [0.4, 0.5) is 0 Å². The summed E-state index contributed by atoms with van der Waals surface area (Å²) in [6.07, 6.45) is 2.20. The average Bonchev–Trinajstić information content (AvgIpc) is 2.50. The van der Waals surface area contributed by atoms with Gasteiger partial charge in [-0.2, -0.15) is 0 Å². The fourth-order valence-electron chi connectivity index (χ4n) is 2.54. The topological polar surface area (TPSA) is 58.8 Å². The lowest BCUT2D eigenvalue weighted by molar-refractivity contribution is -0.137. The normalized spacial score (nSPS) is 16.9. The molecule has 1 rings (SSSR count). The smallest absolute Gasteiger partial charge is 0.226 e. The van der Waals surface area contributed by atoms with E-state index in [2.05, 4.69) is 18.7 Å². The van der Waals surface area contributed by atoms with Crippen LogP contribution in [0.15, 0.2) is 0 Å². The molecule has 134 valence electrons. The van der Waals surface area contributed by atoms with E-state index in [1.165, 1.54) is 0 Å². The summed E-state index contributed by atoms with van der Waals surface area (Å²) in [4.78, 5) is 16.3. The molecule has 5 nitrogen and oxygen atoms in total. The molecule has 1 fully saturated rings. The molecule has 1 atom stereocenters. The lowest BCUT2D eigenvalue weighted by atomic mass is 10.0. The third-order valence-electron chi connectivity index (χ3n) is 4.18. The van der Waals surface area contributed by atoms with Crippen molar-refractivity contribution in [3.63, 3.8) is 0 Å². The highest BCUT2D eigenvalue weighted by atomic mass is 35.5. The number of nitrogens with two attached hydrogens (primary N) is 1. The van der Waals surface area contributed by atoms with Gasteiger partial charge in [-0.15, -0.1) is 24.8 Å². The molecule has 0 bridgehead atoms. The number of likely N-dealkylation sites (tertiary alicyclic amines) is 1. The van der Waals surface area contributed by atoms with E-state index in [-0.39, 0.29) is 36.6 Å². The fraction of sp³-hybridized carbons (Fsp3) is 0.933. The maximum absolute atomic E-state index is 12.0. The van der Waals surface area contributed by atoms with E-state index in [9.17, 15) is 4.79 Å². The number of carbonyl (C=O) groups excluding carboxylic acids is 1. The zero-order valence-corrected chi connectivity index (χ0v) is 15.8. The van der Waals surface area contributed by atoms with Crippen molar-refractivity contribution in [3.05, 3.63) is 0 Å². The predicted octanol–water partition coefficient (Wildman–Crippen LogP) is 1.77. The molecule has 2 N–H and O–H groups in total. The quantitative estimate of drug-likeness (QED) is 0.719. The minimum absolute atomic E-state index is 0. The minimum Gasteiger partial charge on any atom is -0.377 e. The molecule has 1 aliphatic heterocycles. The number of nitrogens with zero attached hydrogens (tertiary/aromatic N) is 2. The number of piperidine rings is 1. The van der Waals surface area contributed by atoms with Crippen LogP contribution >= 0.6 is 24.8 Å². The van der Waals surface area contributed by atoms with E-state index in [0.717, 1.165) is 52.2 Å². The summed E-state index contributed by atoms with van der Waals surface area (Å²) in [7, 11) is 0. The third kappa shape index (κ3) is 7.97. The van der Waals surface area contributed by atoms with Crippen molar-refractivity contribution in [2.45, 2.75) is 39.7 Å². The summed E-state index contributed by atoms with van der Waals surface area (Å²) in [6.45, 7) is 12.2. The Morgan fingerprint density at radius 3 is 2.27 bits per heavy atom. The van der Waals surface area contributed by atoms with Crippen molar-refractivity contribution < 1.29 is 9.53 Å². The van der Waals surface area contributed by atoms with E-state index in [1.54, 1.807) is 0 Å². The van der Waals surface area contributed by atoms with Crippen LogP contribution in [0.25, 0.3) is 0 Å². The SMILES string of the molecule is CCN(CC)CCOC1CCN(C(=O)C(C)CN)CC1.Cl.Cl. The van der Waals surface area contributed by atoms with Gasteiger partial charge in [0.1, 0.15) is 0 Å². The van der Waals surface area contributed by atoms with Gasteiger partial charge in [0.2, 0.25) is 5.91 Å².